The number of anilines is 1. The van der Waals surface area contributed by atoms with E-state index in [0.717, 1.165) is 11.3 Å². The highest BCUT2D eigenvalue weighted by atomic mass is 32.2. The molecule has 0 saturated heterocycles. The van der Waals surface area contributed by atoms with Crippen molar-refractivity contribution in [2.45, 2.75) is 17.3 Å². The van der Waals surface area contributed by atoms with Gasteiger partial charge in [0.1, 0.15) is 11.4 Å². The van der Waals surface area contributed by atoms with Crippen molar-refractivity contribution < 1.29 is 23.1 Å². The van der Waals surface area contributed by atoms with Gasteiger partial charge in [-0.2, -0.15) is 0 Å². The molecule has 0 radical (unpaired) electrons. The molecular formula is C25H22N4O5S2. The molecule has 4 aromatic heterocycles. The molecule has 0 aliphatic carbocycles. The second-order valence-electron chi connectivity index (χ2n) is 7.58. The van der Waals surface area contributed by atoms with Crippen LogP contribution < -0.4 is 14.8 Å². The lowest BCUT2D eigenvalue weighted by atomic mass is 10.1. The van der Waals surface area contributed by atoms with E-state index in [1.807, 2.05) is 42.6 Å². The van der Waals surface area contributed by atoms with Crippen LogP contribution in [0.4, 0.5) is 5.13 Å². The van der Waals surface area contributed by atoms with Gasteiger partial charge in [0.15, 0.2) is 33.3 Å². The maximum atomic E-state index is 12.9. The molecule has 0 fully saturated rings. The van der Waals surface area contributed by atoms with Crippen LogP contribution in [0.2, 0.25) is 0 Å². The third-order valence-electron chi connectivity index (χ3n) is 5.28. The van der Waals surface area contributed by atoms with Crippen LogP contribution in [0, 0.1) is 0 Å². The molecule has 184 valence electrons. The summed E-state index contributed by atoms with van der Waals surface area (Å²) in [7, 11) is 3.17. The smallest absolute Gasteiger partial charge is 0.239 e. The lowest BCUT2D eigenvalue weighted by Crippen LogP contribution is -2.22. The van der Waals surface area contributed by atoms with E-state index in [0.29, 0.717) is 44.7 Å². The third-order valence-corrected chi connectivity index (χ3v) is 7.02. The van der Waals surface area contributed by atoms with Gasteiger partial charge in [0.2, 0.25) is 5.91 Å². The Hall–Kier alpha value is -3.96. The van der Waals surface area contributed by atoms with Gasteiger partial charge >= 0.3 is 0 Å². The highest BCUT2D eigenvalue weighted by molar-refractivity contribution is 8.00. The number of nitrogens with zero attached hydrogens (tertiary/aromatic N) is 2. The van der Waals surface area contributed by atoms with Crippen LogP contribution in [0.25, 0.3) is 34.2 Å². The van der Waals surface area contributed by atoms with E-state index < -0.39 is 5.25 Å². The van der Waals surface area contributed by atoms with Crippen molar-refractivity contribution in [3.63, 3.8) is 0 Å². The van der Waals surface area contributed by atoms with Crippen LogP contribution in [0.15, 0.2) is 74.4 Å². The molecule has 0 aliphatic rings. The average Bonchev–Trinajstić information content (AvgIpc) is 3.70. The Morgan fingerprint density at radius 1 is 1.06 bits per heavy atom. The van der Waals surface area contributed by atoms with Crippen LogP contribution in [0.3, 0.4) is 0 Å². The number of carbonyl (C=O) groups is 1. The van der Waals surface area contributed by atoms with Crippen molar-refractivity contribution in [3.05, 3.63) is 60.4 Å². The fourth-order valence-electron chi connectivity index (χ4n) is 3.49. The van der Waals surface area contributed by atoms with Crippen LogP contribution in [-0.4, -0.2) is 40.3 Å². The minimum absolute atomic E-state index is 0.191. The Labute approximate surface area is 214 Å². The van der Waals surface area contributed by atoms with E-state index in [-0.39, 0.29) is 5.91 Å². The highest BCUT2D eigenvalue weighted by Gasteiger charge is 2.22. The number of imidazole rings is 1. The van der Waals surface area contributed by atoms with Gasteiger partial charge < -0.3 is 28.6 Å². The van der Waals surface area contributed by atoms with Crippen molar-refractivity contribution in [1.82, 2.24) is 15.0 Å². The van der Waals surface area contributed by atoms with Crippen LogP contribution >= 0.6 is 23.1 Å². The molecule has 1 unspecified atom stereocenters. The highest BCUT2D eigenvalue weighted by Crippen LogP contribution is 2.36. The molecule has 0 saturated carbocycles. The number of H-pyrrole nitrogens is 1. The first-order valence-electron chi connectivity index (χ1n) is 10.9. The van der Waals surface area contributed by atoms with Gasteiger partial charge in [-0.15, -0.1) is 11.3 Å². The molecule has 0 aliphatic heterocycles. The number of carbonyl (C=O) groups excluding carboxylic acids is 1. The van der Waals surface area contributed by atoms with E-state index in [9.17, 15) is 4.79 Å². The summed E-state index contributed by atoms with van der Waals surface area (Å²) >= 11 is 2.65. The van der Waals surface area contributed by atoms with E-state index in [1.165, 1.54) is 23.1 Å². The number of aromatic nitrogens is 3. The van der Waals surface area contributed by atoms with Gasteiger partial charge in [-0.25, -0.2) is 9.97 Å². The molecule has 1 amide bonds. The maximum Gasteiger partial charge on any atom is 0.239 e. The maximum absolute atomic E-state index is 12.9. The van der Waals surface area contributed by atoms with Crippen LogP contribution in [0.1, 0.15) is 6.92 Å². The van der Waals surface area contributed by atoms with Crippen molar-refractivity contribution in [2.75, 3.05) is 19.5 Å². The van der Waals surface area contributed by atoms with Gasteiger partial charge in [-0.05, 0) is 49.4 Å². The van der Waals surface area contributed by atoms with E-state index >= 15 is 0 Å². The summed E-state index contributed by atoms with van der Waals surface area (Å²) in [6.07, 6.45) is 3.18. The van der Waals surface area contributed by atoms with Crippen LogP contribution in [-0.2, 0) is 4.79 Å². The minimum Gasteiger partial charge on any atom is -0.493 e. The number of hydrogen-bond acceptors (Lipinski definition) is 9. The molecule has 5 rings (SSSR count). The zero-order valence-corrected chi connectivity index (χ0v) is 21.2. The second-order valence-corrected chi connectivity index (χ2v) is 9.76. The Balaban J connectivity index is 1.29. The molecule has 5 aromatic rings. The Kier molecular flexibility index (Phi) is 6.83. The van der Waals surface area contributed by atoms with Crippen LogP contribution in [0.5, 0.6) is 11.5 Å². The zero-order chi connectivity index (χ0) is 25.1. The van der Waals surface area contributed by atoms with E-state index in [4.69, 9.17) is 18.3 Å². The first-order chi connectivity index (χ1) is 17.6. The van der Waals surface area contributed by atoms with Gasteiger partial charge in [0.05, 0.1) is 37.7 Å². The average molecular weight is 523 g/mol. The number of methoxy groups -OCH3 is 2. The number of benzene rings is 1. The predicted molar refractivity (Wildman–Crippen MR) is 139 cm³/mol. The van der Waals surface area contributed by atoms with Gasteiger partial charge in [-0.3, -0.25) is 4.79 Å². The summed E-state index contributed by atoms with van der Waals surface area (Å²) < 4.78 is 21.7. The molecule has 4 heterocycles. The normalized spacial score (nSPS) is 11.9. The third kappa shape index (κ3) is 4.88. The standard InChI is InChI=1S/C25H22N4O5S2/c1-14(36-25-27-21(18-6-4-10-33-18)22(28-25)19-7-5-11-34-19)23(30)29-24-26-16(13-35-24)15-8-9-17(31-2)20(12-15)32-3/h4-14H,1-3H3,(H,27,28)(H,26,29,30). The molecular weight excluding hydrogens is 500 g/mol. The molecule has 0 spiro atoms. The Morgan fingerprint density at radius 2 is 1.81 bits per heavy atom. The molecule has 0 bridgehead atoms. The number of thioether (sulfide) groups is 1. The van der Waals surface area contributed by atoms with E-state index in [2.05, 4.69) is 20.3 Å². The summed E-state index contributed by atoms with van der Waals surface area (Å²) in [5.41, 5.74) is 2.89. The SMILES string of the molecule is COc1ccc(-c2csc(NC(=O)C(C)Sc3nc(-c4ccco4)c(-c4ccco4)[nH]3)n2)cc1OC. The number of nitrogens with one attached hydrogen (secondary N) is 2. The topological polar surface area (TPSA) is 115 Å². The monoisotopic (exact) mass is 522 g/mol. The summed E-state index contributed by atoms with van der Waals surface area (Å²) in [6.45, 7) is 1.81. The summed E-state index contributed by atoms with van der Waals surface area (Å²) in [4.78, 5) is 25.4. The first kappa shape index (κ1) is 23.8. The van der Waals surface area contributed by atoms with Crippen molar-refractivity contribution in [2.24, 2.45) is 0 Å². The molecule has 1 atom stereocenters. The lowest BCUT2D eigenvalue weighted by Gasteiger charge is -2.09. The van der Waals surface area contributed by atoms with Crippen molar-refractivity contribution in [1.29, 1.82) is 0 Å². The number of hydrogen-bond donors (Lipinski definition) is 2. The summed E-state index contributed by atoms with van der Waals surface area (Å²) in [5.74, 6) is 2.29. The lowest BCUT2D eigenvalue weighted by molar-refractivity contribution is -0.115. The molecule has 2 N–H and O–H groups in total. The number of ether oxygens (including phenoxy) is 2. The molecule has 1 aromatic carbocycles. The Morgan fingerprint density at radius 3 is 2.50 bits per heavy atom. The first-order valence-corrected chi connectivity index (χ1v) is 12.6. The second kappa shape index (κ2) is 10.3. The Bertz CT molecular complexity index is 1410. The van der Waals surface area contributed by atoms with E-state index in [1.54, 1.807) is 38.9 Å². The number of amides is 1. The largest absolute Gasteiger partial charge is 0.493 e. The number of furan rings is 2. The number of rotatable bonds is 9. The van der Waals surface area contributed by atoms with Gasteiger partial charge in [0.25, 0.3) is 0 Å². The zero-order valence-electron chi connectivity index (χ0n) is 19.6. The number of aromatic amines is 1. The quantitative estimate of drug-likeness (QED) is 0.220. The van der Waals surface area contributed by atoms with Crippen molar-refractivity contribution >= 4 is 34.1 Å². The fourth-order valence-corrected chi connectivity index (χ4v) is 5.01. The van der Waals surface area contributed by atoms with Gasteiger partial charge in [0, 0.05) is 10.9 Å². The number of thiazole rings is 1. The minimum atomic E-state index is -0.446. The molecule has 36 heavy (non-hydrogen) atoms. The molecule has 9 nitrogen and oxygen atoms in total. The van der Waals surface area contributed by atoms with Gasteiger partial charge in [-0.1, -0.05) is 11.8 Å². The van der Waals surface area contributed by atoms with Crippen molar-refractivity contribution in [3.8, 4) is 45.7 Å². The predicted octanol–water partition coefficient (Wildman–Crippen LogP) is 6.19. The fraction of sp³-hybridized carbons (Fsp3) is 0.160. The summed E-state index contributed by atoms with van der Waals surface area (Å²) in [6, 6.07) is 12.8. The summed E-state index contributed by atoms with van der Waals surface area (Å²) in [5, 5.41) is 5.40. The molecule has 11 heteroatoms.